The van der Waals surface area contributed by atoms with Gasteiger partial charge in [0.25, 0.3) is 5.91 Å². The van der Waals surface area contributed by atoms with Crippen LogP contribution in [0.3, 0.4) is 0 Å². The van der Waals surface area contributed by atoms with Crippen molar-refractivity contribution >= 4 is 11.6 Å². The minimum atomic E-state index is -4.66. The second-order valence-electron chi connectivity index (χ2n) is 8.20. The number of hydrogen-bond donors (Lipinski definition) is 0. The topological polar surface area (TPSA) is 71.6 Å². The van der Waals surface area contributed by atoms with Gasteiger partial charge >= 0.3 is 6.18 Å². The van der Waals surface area contributed by atoms with Gasteiger partial charge in [-0.1, -0.05) is 0 Å². The summed E-state index contributed by atoms with van der Waals surface area (Å²) in [6, 6.07) is 1.27. The lowest BCUT2D eigenvalue weighted by atomic mass is 10.1. The number of halogens is 3. The fourth-order valence-corrected chi connectivity index (χ4v) is 4.65. The van der Waals surface area contributed by atoms with Gasteiger partial charge in [0.05, 0.1) is 17.6 Å². The second kappa shape index (κ2) is 7.04. The Morgan fingerprint density at radius 3 is 2.74 bits per heavy atom. The monoisotopic (exact) mass is 433 g/mol. The Balaban J connectivity index is 1.60. The number of piperazine rings is 1. The van der Waals surface area contributed by atoms with E-state index < -0.39 is 11.9 Å². The smallest absolute Gasteiger partial charge is 0.336 e. The first-order valence-electron chi connectivity index (χ1n) is 10.2. The van der Waals surface area contributed by atoms with Crippen LogP contribution in [-0.2, 0) is 13.2 Å². The maximum absolute atomic E-state index is 13.8. The molecule has 2 saturated heterocycles. The van der Waals surface area contributed by atoms with E-state index in [1.807, 2.05) is 0 Å². The highest BCUT2D eigenvalue weighted by molar-refractivity contribution is 6.00. The molecule has 1 atom stereocenters. The first-order chi connectivity index (χ1) is 14.7. The third kappa shape index (κ3) is 3.36. The molecule has 5 rings (SSSR count). The standard InChI is InChI=1S/C20H22F3N7O/c1-12-15(11-27(2)26-12)16-8-17(20(21,22)23)30-18(25-16)14(9-24-30)19(31)29-7-6-28-5-3-4-13(28)10-29/h8-9,11,13H,3-7,10H2,1-2H3. The molecule has 5 heterocycles. The van der Waals surface area contributed by atoms with E-state index in [4.69, 9.17) is 0 Å². The molecule has 8 nitrogen and oxygen atoms in total. The summed E-state index contributed by atoms with van der Waals surface area (Å²) in [6.45, 7) is 4.63. The molecule has 0 radical (unpaired) electrons. The molecule has 31 heavy (non-hydrogen) atoms. The summed E-state index contributed by atoms with van der Waals surface area (Å²) in [5.74, 6) is -0.331. The highest BCUT2D eigenvalue weighted by Crippen LogP contribution is 2.33. The average molecular weight is 433 g/mol. The van der Waals surface area contributed by atoms with Crippen LogP contribution in [0.25, 0.3) is 16.9 Å². The van der Waals surface area contributed by atoms with Crippen molar-refractivity contribution in [3.05, 3.63) is 35.4 Å². The molecule has 3 aromatic rings. The van der Waals surface area contributed by atoms with E-state index >= 15 is 0 Å². The summed E-state index contributed by atoms with van der Waals surface area (Å²) in [5.41, 5.74) is 0.162. The van der Waals surface area contributed by atoms with Crippen LogP contribution in [0, 0.1) is 6.92 Å². The number of hydrogen-bond acceptors (Lipinski definition) is 5. The minimum absolute atomic E-state index is 0.0836. The van der Waals surface area contributed by atoms with Gasteiger partial charge in [0, 0.05) is 44.5 Å². The van der Waals surface area contributed by atoms with Crippen molar-refractivity contribution in [2.75, 3.05) is 26.2 Å². The van der Waals surface area contributed by atoms with Gasteiger partial charge in [-0.05, 0) is 32.4 Å². The van der Waals surface area contributed by atoms with Crippen molar-refractivity contribution in [2.24, 2.45) is 7.05 Å². The van der Waals surface area contributed by atoms with Crippen LogP contribution in [-0.4, -0.2) is 72.3 Å². The van der Waals surface area contributed by atoms with Crippen molar-refractivity contribution in [1.82, 2.24) is 34.2 Å². The summed E-state index contributed by atoms with van der Waals surface area (Å²) < 4.78 is 43.7. The third-order valence-electron chi connectivity index (χ3n) is 6.16. The maximum Gasteiger partial charge on any atom is 0.433 e. The summed E-state index contributed by atoms with van der Waals surface area (Å²) in [6.07, 6.45) is 0.285. The predicted octanol–water partition coefficient (Wildman–Crippen LogP) is 2.38. The Kier molecular flexibility index (Phi) is 4.54. The number of amides is 1. The van der Waals surface area contributed by atoms with Crippen LogP contribution >= 0.6 is 0 Å². The van der Waals surface area contributed by atoms with Crippen molar-refractivity contribution < 1.29 is 18.0 Å². The fraction of sp³-hybridized carbons (Fsp3) is 0.500. The zero-order valence-electron chi connectivity index (χ0n) is 17.2. The molecular weight excluding hydrogens is 411 g/mol. The maximum atomic E-state index is 13.8. The molecule has 164 valence electrons. The molecule has 0 saturated carbocycles. The molecule has 2 fully saturated rings. The molecule has 1 amide bonds. The van der Waals surface area contributed by atoms with E-state index in [0.29, 0.717) is 34.9 Å². The van der Waals surface area contributed by atoms with E-state index in [1.165, 1.54) is 10.9 Å². The Morgan fingerprint density at radius 1 is 1.23 bits per heavy atom. The number of carbonyl (C=O) groups is 1. The molecular formula is C20H22F3N7O. The van der Waals surface area contributed by atoms with Crippen molar-refractivity contribution in [3.8, 4) is 11.3 Å². The zero-order chi connectivity index (χ0) is 21.9. The first-order valence-corrected chi connectivity index (χ1v) is 10.2. The lowest BCUT2D eigenvalue weighted by Crippen LogP contribution is -2.52. The van der Waals surface area contributed by atoms with Gasteiger partial charge in [-0.3, -0.25) is 14.4 Å². The molecule has 0 N–H and O–H groups in total. The fourth-order valence-electron chi connectivity index (χ4n) is 4.65. The van der Waals surface area contributed by atoms with Crippen LogP contribution < -0.4 is 0 Å². The third-order valence-corrected chi connectivity index (χ3v) is 6.16. The summed E-state index contributed by atoms with van der Waals surface area (Å²) in [4.78, 5) is 21.8. The number of fused-ring (bicyclic) bond motifs is 2. The van der Waals surface area contributed by atoms with Gasteiger partial charge in [0.2, 0.25) is 0 Å². The van der Waals surface area contributed by atoms with E-state index in [9.17, 15) is 18.0 Å². The van der Waals surface area contributed by atoms with Crippen molar-refractivity contribution in [3.63, 3.8) is 0 Å². The van der Waals surface area contributed by atoms with Gasteiger partial charge in [-0.25, -0.2) is 9.50 Å². The van der Waals surface area contributed by atoms with Gasteiger partial charge in [-0.15, -0.1) is 0 Å². The molecule has 11 heteroatoms. The predicted molar refractivity (Wildman–Crippen MR) is 105 cm³/mol. The molecule has 2 aliphatic heterocycles. The van der Waals surface area contributed by atoms with E-state index in [0.717, 1.165) is 32.0 Å². The van der Waals surface area contributed by atoms with Crippen molar-refractivity contribution in [2.45, 2.75) is 32.0 Å². The SMILES string of the molecule is Cc1nn(C)cc1-c1cc(C(F)(F)F)n2ncc(C(=O)N3CCN4CCCC4C3)c2n1. The zero-order valence-corrected chi connectivity index (χ0v) is 17.2. The summed E-state index contributed by atoms with van der Waals surface area (Å²) in [5, 5.41) is 8.09. The van der Waals surface area contributed by atoms with Crippen LogP contribution in [0.1, 0.15) is 34.6 Å². The van der Waals surface area contributed by atoms with E-state index in [2.05, 4.69) is 20.1 Å². The summed E-state index contributed by atoms with van der Waals surface area (Å²) in [7, 11) is 1.69. The Bertz CT molecular complexity index is 1170. The van der Waals surface area contributed by atoms with Crippen LogP contribution in [0.4, 0.5) is 13.2 Å². The number of alkyl halides is 3. The lowest BCUT2D eigenvalue weighted by Gasteiger charge is -2.37. The Morgan fingerprint density at radius 2 is 2.03 bits per heavy atom. The van der Waals surface area contributed by atoms with Gasteiger partial charge < -0.3 is 4.90 Å². The number of rotatable bonds is 2. The summed E-state index contributed by atoms with van der Waals surface area (Å²) >= 11 is 0. The number of carbonyl (C=O) groups excluding carboxylic acids is 1. The quantitative estimate of drug-likeness (QED) is 0.621. The normalized spacial score (nSPS) is 19.9. The van der Waals surface area contributed by atoms with E-state index in [1.54, 1.807) is 25.1 Å². The van der Waals surface area contributed by atoms with Crippen molar-refractivity contribution in [1.29, 1.82) is 0 Å². The van der Waals surface area contributed by atoms with Gasteiger partial charge in [-0.2, -0.15) is 23.4 Å². The number of aryl methyl sites for hydroxylation is 2. The number of aromatic nitrogens is 5. The first kappa shape index (κ1) is 20.0. The lowest BCUT2D eigenvalue weighted by molar-refractivity contribution is -0.142. The molecule has 2 aliphatic rings. The van der Waals surface area contributed by atoms with Gasteiger partial charge in [0.1, 0.15) is 5.56 Å². The Hall–Kier alpha value is -2.95. The molecule has 1 unspecified atom stereocenters. The van der Waals surface area contributed by atoms with Crippen LogP contribution in [0.2, 0.25) is 0 Å². The highest BCUT2D eigenvalue weighted by Gasteiger charge is 2.38. The molecule has 3 aromatic heterocycles. The Labute approximate surface area is 176 Å². The largest absolute Gasteiger partial charge is 0.433 e. The van der Waals surface area contributed by atoms with Crippen LogP contribution in [0.5, 0.6) is 0 Å². The highest BCUT2D eigenvalue weighted by atomic mass is 19.4. The van der Waals surface area contributed by atoms with Crippen LogP contribution in [0.15, 0.2) is 18.5 Å². The minimum Gasteiger partial charge on any atom is -0.336 e. The van der Waals surface area contributed by atoms with Gasteiger partial charge in [0.15, 0.2) is 11.3 Å². The molecule has 0 aromatic carbocycles. The second-order valence-corrected chi connectivity index (χ2v) is 8.20. The average Bonchev–Trinajstić information content (AvgIpc) is 3.43. The molecule has 0 spiro atoms. The molecule has 0 aliphatic carbocycles. The molecule has 0 bridgehead atoms. The van der Waals surface area contributed by atoms with E-state index in [-0.39, 0.29) is 22.8 Å². The number of nitrogens with zero attached hydrogens (tertiary/aromatic N) is 7.